The van der Waals surface area contributed by atoms with Crippen LogP contribution in [0.2, 0.25) is 0 Å². The highest BCUT2D eigenvalue weighted by Crippen LogP contribution is 2.29. The first-order valence-corrected chi connectivity index (χ1v) is 6.26. The number of hydrogen-bond acceptors (Lipinski definition) is 3. The predicted molar refractivity (Wildman–Crippen MR) is 74.6 cm³/mol. The predicted octanol–water partition coefficient (Wildman–Crippen LogP) is 2.98. The van der Waals surface area contributed by atoms with Gasteiger partial charge in [0.05, 0.1) is 12.9 Å². The van der Waals surface area contributed by atoms with Crippen LogP contribution >= 0.6 is 12.4 Å². The van der Waals surface area contributed by atoms with Gasteiger partial charge in [0, 0.05) is 17.8 Å². The normalized spacial score (nSPS) is 13.5. The SMILES string of the molecule is Cl.c1cn(Cc2noc3cc4c(cc23)CCC4)cn1. The number of halogens is 1. The van der Waals surface area contributed by atoms with E-state index in [0.717, 1.165) is 16.7 Å². The molecule has 0 fully saturated rings. The fourth-order valence-electron chi connectivity index (χ4n) is 2.72. The second-order valence-corrected chi connectivity index (χ2v) is 4.83. The van der Waals surface area contributed by atoms with Gasteiger partial charge >= 0.3 is 0 Å². The maximum atomic E-state index is 5.44. The zero-order valence-corrected chi connectivity index (χ0v) is 11.2. The summed E-state index contributed by atoms with van der Waals surface area (Å²) < 4.78 is 7.44. The van der Waals surface area contributed by atoms with Crippen molar-refractivity contribution in [3.8, 4) is 0 Å². The average Bonchev–Trinajstić information content (AvgIpc) is 3.08. The Morgan fingerprint density at radius 3 is 2.84 bits per heavy atom. The molecule has 0 unspecified atom stereocenters. The molecule has 0 saturated carbocycles. The molecule has 3 aromatic rings. The molecule has 4 rings (SSSR count). The molecule has 0 radical (unpaired) electrons. The van der Waals surface area contributed by atoms with Gasteiger partial charge in [0.2, 0.25) is 0 Å². The topological polar surface area (TPSA) is 43.9 Å². The molecular formula is C14H14ClN3O. The Hall–Kier alpha value is -1.81. The van der Waals surface area contributed by atoms with Gasteiger partial charge in [0.25, 0.3) is 0 Å². The van der Waals surface area contributed by atoms with Crippen molar-refractivity contribution in [2.75, 3.05) is 0 Å². The fourth-order valence-corrected chi connectivity index (χ4v) is 2.72. The van der Waals surface area contributed by atoms with Crippen LogP contribution in [0.5, 0.6) is 0 Å². The van der Waals surface area contributed by atoms with Gasteiger partial charge in [0.1, 0.15) is 5.69 Å². The van der Waals surface area contributed by atoms with Crippen molar-refractivity contribution < 1.29 is 4.52 Å². The van der Waals surface area contributed by atoms with Gasteiger partial charge in [-0.2, -0.15) is 0 Å². The number of aromatic nitrogens is 3. The molecule has 4 nitrogen and oxygen atoms in total. The van der Waals surface area contributed by atoms with Gasteiger partial charge in [-0.25, -0.2) is 4.98 Å². The molecular weight excluding hydrogens is 262 g/mol. The lowest BCUT2D eigenvalue weighted by Crippen LogP contribution is -1.97. The van der Waals surface area contributed by atoms with Crippen molar-refractivity contribution in [2.45, 2.75) is 25.8 Å². The van der Waals surface area contributed by atoms with E-state index in [0.29, 0.717) is 6.54 Å². The monoisotopic (exact) mass is 275 g/mol. The summed E-state index contributed by atoms with van der Waals surface area (Å²) in [5.41, 5.74) is 4.77. The zero-order valence-electron chi connectivity index (χ0n) is 10.4. The molecule has 1 aliphatic carbocycles. The highest BCUT2D eigenvalue weighted by atomic mass is 35.5. The van der Waals surface area contributed by atoms with E-state index in [2.05, 4.69) is 22.3 Å². The molecule has 0 aliphatic heterocycles. The second kappa shape index (κ2) is 4.70. The summed E-state index contributed by atoms with van der Waals surface area (Å²) in [6.45, 7) is 0.714. The molecule has 5 heteroatoms. The third-order valence-corrected chi connectivity index (χ3v) is 3.65. The molecule has 19 heavy (non-hydrogen) atoms. The summed E-state index contributed by atoms with van der Waals surface area (Å²) in [6.07, 6.45) is 9.12. The molecule has 1 aromatic carbocycles. The minimum Gasteiger partial charge on any atom is -0.356 e. The van der Waals surface area contributed by atoms with Gasteiger partial charge in [-0.1, -0.05) is 5.16 Å². The highest BCUT2D eigenvalue weighted by Gasteiger charge is 2.16. The summed E-state index contributed by atoms with van der Waals surface area (Å²) in [7, 11) is 0. The van der Waals surface area contributed by atoms with Gasteiger partial charge in [-0.05, 0) is 42.5 Å². The minimum atomic E-state index is 0. The Morgan fingerprint density at radius 2 is 2.05 bits per heavy atom. The van der Waals surface area contributed by atoms with E-state index < -0.39 is 0 Å². The summed E-state index contributed by atoms with van der Waals surface area (Å²) in [6, 6.07) is 4.41. The van der Waals surface area contributed by atoms with Crippen molar-refractivity contribution >= 4 is 23.4 Å². The molecule has 0 amide bonds. The molecule has 2 heterocycles. The number of benzene rings is 1. The molecule has 1 aliphatic rings. The van der Waals surface area contributed by atoms with Crippen LogP contribution in [0, 0.1) is 0 Å². The van der Waals surface area contributed by atoms with Crippen LogP contribution in [0.3, 0.4) is 0 Å². The lowest BCUT2D eigenvalue weighted by molar-refractivity contribution is 0.443. The van der Waals surface area contributed by atoms with Crippen LogP contribution in [0.25, 0.3) is 11.0 Å². The van der Waals surface area contributed by atoms with Crippen LogP contribution in [0.15, 0.2) is 35.4 Å². The summed E-state index contributed by atoms with van der Waals surface area (Å²) in [5, 5.41) is 5.33. The van der Waals surface area contributed by atoms with Gasteiger partial charge < -0.3 is 9.09 Å². The summed E-state index contributed by atoms with van der Waals surface area (Å²) in [5.74, 6) is 0. The smallest absolute Gasteiger partial charge is 0.167 e. The Bertz CT molecular complexity index is 703. The number of imidazole rings is 1. The van der Waals surface area contributed by atoms with Crippen molar-refractivity contribution in [3.63, 3.8) is 0 Å². The van der Waals surface area contributed by atoms with Crippen molar-refractivity contribution in [3.05, 3.63) is 47.7 Å². The van der Waals surface area contributed by atoms with Gasteiger partial charge in [-0.15, -0.1) is 12.4 Å². The van der Waals surface area contributed by atoms with Crippen LogP contribution in [-0.2, 0) is 19.4 Å². The Labute approximate surface area is 116 Å². The first-order valence-electron chi connectivity index (χ1n) is 6.26. The van der Waals surface area contributed by atoms with Crippen LogP contribution in [-0.4, -0.2) is 14.7 Å². The van der Waals surface area contributed by atoms with Crippen molar-refractivity contribution in [1.29, 1.82) is 0 Å². The maximum absolute atomic E-state index is 5.44. The van der Waals surface area contributed by atoms with E-state index >= 15 is 0 Å². The zero-order chi connectivity index (χ0) is 11.9. The standard InChI is InChI=1S/C14H13N3O.ClH/c1-2-10-6-12-13(8-17-5-4-15-9-17)16-18-14(12)7-11(10)3-1;/h4-7,9H,1-3,8H2;1H. The van der Waals surface area contributed by atoms with E-state index in [1.54, 1.807) is 12.5 Å². The average molecular weight is 276 g/mol. The van der Waals surface area contributed by atoms with E-state index in [9.17, 15) is 0 Å². The maximum Gasteiger partial charge on any atom is 0.167 e. The quantitative estimate of drug-likeness (QED) is 0.722. The van der Waals surface area contributed by atoms with E-state index in [4.69, 9.17) is 4.52 Å². The molecule has 0 N–H and O–H groups in total. The number of aryl methyl sites for hydroxylation is 2. The first-order chi connectivity index (χ1) is 8.90. The molecule has 98 valence electrons. The fraction of sp³-hybridized carbons (Fsp3) is 0.286. The van der Waals surface area contributed by atoms with Crippen LogP contribution in [0.4, 0.5) is 0 Å². The number of fused-ring (bicyclic) bond motifs is 2. The lowest BCUT2D eigenvalue weighted by Gasteiger charge is -2.00. The molecule has 0 saturated heterocycles. The van der Waals surface area contributed by atoms with E-state index in [-0.39, 0.29) is 12.4 Å². The Morgan fingerprint density at radius 1 is 1.21 bits per heavy atom. The number of rotatable bonds is 2. The third kappa shape index (κ3) is 2.02. The van der Waals surface area contributed by atoms with Crippen molar-refractivity contribution in [2.24, 2.45) is 0 Å². The minimum absolute atomic E-state index is 0. The Kier molecular flexibility index (Phi) is 3.03. The lowest BCUT2D eigenvalue weighted by atomic mass is 10.1. The molecule has 0 atom stereocenters. The summed E-state index contributed by atoms with van der Waals surface area (Å²) in [4.78, 5) is 4.05. The molecule has 2 aromatic heterocycles. The number of nitrogens with zero attached hydrogens (tertiary/aromatic N) is 3. The van der Waals surface area contributed by atoms with E-state index in [1.165, 1.54) is 30.4 Å². The van der Waals surface area contributed by atoms with Crippen LogP contribution < -0.4 is 0 Å². The molecule has 0 bridgehead atoms. The van der Waals surface area contributed by atoms with Crippen LogP contribution in [0.1, 0.15) is 23.2 Å². The van der Waals surface area contributed by atoms with Gasteiger partial charge in [0.15, 0.2) is 5.58 Å². The first kappa shape index (κ1) is 12.2. The number of hydrogen-bond donors (Lipinski definition) is 0. The van der Waals surface area contributed by atoms with Gasteiger partial charge in [-0.3, -0.25) is 0 Å². The third-order valence-electron chi connectivity index (χ3n) is 3.65. The van der Waals surface area contributed by atoms with Crippen molar-refractivity contribution in [1.82, 2.24) is 14.7 Å². The summed E-state index contributed by atoms with van der Waals surface area (Å²) >= 11 is 0. The largest absolute Gasteiger partial charge is 0.356 e. The molecule has 0 spiro atoms. The Balaban J connectivity index is 0.00000110. The highest BCUT2D eigenvalue weighted by molar-refractivity contribution is 5.85. The van der Waals surface area contributed by atoms with E-state index in [1.807, 2.05) is 10.8 Å². The second-order valence-electron chi connectivity index (χ2n) is 4.83.